The Morgan fingerprint density at radius 3 is 2.56 bits per heavy atom. The van der Waals surface area contributed by atoms with Crippen LogP contribution in [0.4, 0.5) is 5.69 Å². The number of amides is 1. The maximum Gasteiger partial charge on any atom is 0.276 e. The fourth-order valence-corrected chi connectivity index (χ4v) is 2.87. The molecule has 0 spiro atoms. The molecule has 1 N–H and O–H groups in total. The first-order valence-electron chi connectivity index (χ1n) is 8.39. The van der Waals surface area contributed by atoms with Crippen molar-refractivity contribution in [2.75, 3.05) is 5.32 Å². The summed E-state index contributed by atoms with van der Waals surface area (Å²) in [7, 11) is 0. The fourth-order valence-electron chi connectivity index (χ4n) is 2.87. The number of benzene rings is 2. The Morgan fingerprint density at radius 1 is 1.04 bits per heavy atom. The van der Waals surface area contributed by atoms with Crippen LogP contribution in [0.3, 0.4) is 0 Å². The predicted octanol–water partition coefficient (Wildman–Crippen LogP) is 2.72. The molecule has 0 aliphatic heterocycles. The molecule has 134 valence electrons. The van der Waals surface area contributed by atoms with Crippen LogP contribution in [0.2, 0.25) is 0 Å². The van der Waals surface area contributed by atoms with Crippen molar-refractivity contribution >= 4 is 11.6 Å². The Bertz CT molecular complexity index is 1080. The van der Waals surface area contributed by atoms with Gasteiger partial charge in [-0.15, -0.1) is 5.10 Å². The van der Waals surface area contributed by atoms with Crippen molar-refractivity contribution in [3.8, 4) is 11.4 Å². The number of hydrogen-bond donors (Lipinski definition) is 1. The SMILES string of the molecule is Cc1cc(NC(=O)c2cc(C)n(-c3ccccc3)n2)ccc1-n1cnnn1. The van der Waals surface area contributed by atoms with Gasteiger partial charge in [0, 0.05) is 11.4 Å². The lowest BCUT2D eigenvalue weighted by molar-refractivity contribution is 0.102. The summed E-state index contributed by atoms with van der Waals surface area (Å²) in [5, 5.41) is 18.5. The molecule has 0 saturated heterocycles. The summed E-state index contributed by atoms with van der Waals surface area (Å²) in [4.78, 5) is 12.6. The summed E-state index contributed by atoms with van der Waals surface area (Å²) in [6.45, 7) is 3.85. The summed E-state index contributed by atoms with van der Waals surface area (Å²) in [5.41, 5.74) is 4.63. The van der Waals surface area contributed by atoms with Gasteiger partial charge in [-0.1, -0.05) is 18.2 Å². The standard InChI is InChI=1S/C19H17N7O/c1-13-10-15(8-9-18(13)25-12-20-23-24-25)21-19(27)17-11-14(2)26(22-17)16-6-4-3-5-7-16/h3-12H,1-2H3,(H,21,27). The molecule has 1 amide bonds. The van der Waals surface area contributed by atoms with Gasteiger partial charge in [0.05, 0.1) is 11.4 Å². The molecule has 0 fully saturated rings. The van der Waals surface area contributed by atoms with E-state index in [1.165, 1.54) is 6.33 Å². The quantitative estimate of drug-likeness (QED) is 0.605. The molecule has 0 bridgehead atoms. The molecule has 2 aromatic heterocycles. The molecule has 8 heteroatoms. The van der Waals surface area contributed by atoms with E-state index in [-0.39, 0.29) is 5.91 Å². The molecule has 8 nitrogen and oxygen atoms in total. The number of anilines is 1. The minimum atomic E-state index is -0.262. The molecular formula is C19H17N7O. The van der Waals surface area contributed by atoms with Crippen LogP contribution in [0.15, 0.2) is 60.9 Å². The number of hydrogen-bond acceptors (Lipinski definition) is 5. The van der Waals surface area contributed by atoms with E-state index >= 15 is 0 Å². The Morgan fingerprint density at radius 2 is 1.85 bits per heavy atom. The smallest absolute Gasteiger partial charge is 0.276 e. The van der Waals surface area contributed by atoms with E-state index in [9.17, 15) is 4.79 Å². The summed E-state index contributed by atoms with van der Waals surface area (Å²) in [6.07, 6.45) is 1.53. The van der Waals surface area contributed by atoms with Gasteiger partial charge in [-0.05, 0) is 66.2 Å². The number of carbonyl (C=O) groups excluding carboxylic acids is 1. The molecular weight excluding hydrogens is 342 g/mol. The molecule has 4 aromatic rings. The molecule has 0 saturated carbocycles. The van der Waals surface area contributed by atoms with Gasteiger partial charge in [0.2, 0.25) is 0 Å². The van der Waals surface area contributed by atoms with Crippen molar-refractivity contribution in [3.05, 3.63) is 77.9 Å². The highest BCUT2D eigenvalue weighted by Gasteiger charge is 2.14. The number of aromatic nitrogens is 6. The van der Waals surface area contributed by atoms with Crippen LogP contribution < -0.4 is 5.32 Å². The minimum Gasteiger partial charge on any atom is -0.321 e. The number of rotatable bonds is 4. The molecule has 0 atom stereocenters. The van der Waals surface area contributed by atoms with Crippen molar-refractivity contribution in [3.63, 3.8) is 0 Å². The number of aryl methyl sites for hydroxylation is 2. The van der Waals surface area contributed by atoms with Crippen molar-refractivity contribution in [1.82, 2.24) is 30.0 Å². The van der Waals surface area contributed by atoms with Crippen molar-refractivity contribution in [1.29, 1.82) is 0 Å². The lowest BCUT2D eigenvalue weighted by Crippen LogP contribution is -2.13. The van der Waals surface area contributed by atoms with Crippen molar-refractivity contribution in [2.24, 2.45) is 0 Å². The highest BCUT2D eigenvalue weighted by molar-refractivity contribution is 6.03. The van der Waals surface area contributed by atoms with Crippen molar-refractivity contribution in [2.45, 2.75) is 13.8 Å². The topological polar surface area (TPSA) is 90.5 Å². The average Bonchev–Trinajstić information content (AvgIpc) is 3.32. The van der Waals surface area contributed by atoms with Crippen LogP contribution in [0.5, 0.6) is 0 Å². The van der Waals surface area contributed by atoms with E-state index in [4.69, 9.17) is 0 Å². The van der Waals surface area contributed by atoms with Crippen LogP contribution in [-0.4, -0.2) is 35.9 Å². The van der Waals surface area contributed by atoms with E-state index in [0.717, 1.165) is 22.6 Å². The van der Waals surface area contributed by atoms with Crippen LogP contribution in [0.1, 0.15) is 21.7 Å². The number of carbonyl (C=O) groups is 1. The van der Waals surface area contributed by atoms with Gasteiger partial charge in [-0.25, -0.2) is 9.36 Å². The van der Waals surface area contributed by atoms with Gasteiger partial charge in [0.1, 0.15) is 6.33 Å². The van der Waals surface area contributed by atoms with E-state index in [1.54, 1.807) is 15.4 Å². The lowest BCUT2D eigenvalue weighted by atomic mass is 10.1. The Balaban J connectivity index is 1.55. The largest absolute Gasteiger partial charge is 0.321 e. The number of para-hydroxylation sites is 1. The maximum absolute atomic E-state index is 12.6. The summed E-state index contributed by atoms with van der Waals surface area (Å²) in [6, 6.07) is 17.0. The number of nitrogens with one attached hydrogen (secondary N) is 1. The highest BCUT2D eigenvalue weighted by Crippen LogP contribution is 2.19. The molecule has 0 aliphatic carbocycles. The highest BCUT2D eigenvalue weighted by atomic mass is 16.1. The van der Waals surface area contributed by atoms with E-state index < -0.39 is 0 Å². The van der Waals surface area contributed by atoms with Crippen molar-refractivity contribution < 1.29 is 4.79 Å². The maximum atomic E-state index is 12.6. The third kappa shape index (κ3) is 3.32. The second-order valence-electron chi connectivity index (χ2n) is 6.13. The summed E-state index contributed by atoms with van der Waals surface area (Å²) in [5.74, 6) is -0.262. The minimum absolute atomic E-state index is 0.262. The molecule has 2 heterocycles. The van der Waals surface area contributed by atoms with Gasteiger partial charge in [0.25, 0.3) is 5.91 Å². The van der Waals surface area contributed by atoms with Gasteiger partial charge < -0.3 is 5.32 Å². The monoisotopic (exact) mass is 359 g/mol. The molecule has 0 unspecified atom stereocenters. The number of nitrogens with zero attached hydrogens (tertiary/aromatic N) is 6. The zero-order chi connectivity index (χ0) is 18.8. The Kier molecular flexibility index (Phi) is 4.21. The molecule has 0 aliphatic rings. The van der Waals surface area contributed by atoms with Gasteiger partial charge in [0.15, 0.2) is 5.69 Å². The second kappa shape index (κ2) is 6.83. The Hall–Kier alpha value is -3.81. The van der Waals surface area contributed by atoms with Gasteiger partial charge >= 0.3 is 0 Å². The Labute approximate surface area is 155 Å². The zero-order valence-electron chi connectivity index (χ0n) is 14.9. The van der Waals surface area contributed by atoms with Crippen LogP contribution in [0.25, 0.3) is 11.4 Å². The van der Waals surface area contributed by atoms with Crippen LogP contribution in [0, 0.1) is 13.8 Å². The van der Waals surface area contributed by atoms with Gasteiger partial charge in [-0.3, -0.25) is 4.79 Å². The van der Waals surface area contributed by atoms with Gasteiger partial charge in [-0.2, -0.15) is 5.10 Å². The van der Waals surface area contributed by atoms with Crippen LogP contribution >= 0.6 is 0 Å². The first kappa shape index (κ1) is 16.6. The molecule has 27 heavy (non-hydrogen) atoms. The predicted molar refractivity (Wildman–Crippen MR) is 100 cm³/mol. The third-order valence-electron chi connectivity index (χ3n) is 4.17. The summed E-state index contributed by atoms with van der Waals surface area (Å²) < 4.78 is 3.33. The molecule has 4 rings (SSSR count). The first-order valence-corrected chi connectivity index (χ1v) is 8.39. The zero-order valence-corrected chi connectivity index (χ0v) is 14.9. The number of tetrazole rings is 1. The van der Waals surface area contributed by atoms with E-state index in [2.05, 4.69) is 25.9 Å². The molecule has 2 aromatic carbocycles. The van der Waals surface area contributed by atoms with Crippen LogP contribution in [-0.2, 0) is 0 Å². The lowest BCUT2D eigenvalue weighted by Gasteiger charge is -2.08. The normalized spacial score (nSPS) is 10.7. The second-order valence-corrected chi connectivity index (χ2v) is 6.13. The first-order chi connectivity index (χ1) is 13.1. The summed E-state index contributed by atoms with van der Waals surface area (Å²) >= 11 is 0. The van der Waals surface area contributed by atoms with E-state index in [1.807, 2.05) is 62.4 Å². The third-order valence-corrected chi connectivity index (χ3v) is 4.17. The van der Waals surface area contributed by atoms with E-state index in [0.29, 0.717) is 11.4 Å². The average molecular weight is 359 g/mol. The molecule has 0 radical (unpaired) electrons. The fraction of sp³-hybridized carbons (Fsp3) is 0.105.